The van der Waals surface area contributed by atoms with Crippen LogP contribution in [0.5, 0.6) is 0 Å². The van der Waals surface area contributed by atoms with Gasteiger partial charge in [-0.3, -0.25) is 4.68 Å². The fourth-order valence-corrected chi connectivity index (χ4v) is 5.46. The lowest BCUT2D eigenvalue weighted by atomic mass is 10.0. The highest BCUT2D eigenvalue weighted by Crippen LogP contribution is 2.31. The van der Waals surface area contributed by atoms with Crippen LogP contribution in [0.15, 0.2) is 23.4 Å². The van der Waals surface area contributed by atoms with E-state index in [4.69, 9.17) is 4.74 Å². The number of morpholine rings is 1. The van der Waals surface area contributed by atoms with Crippen LogP contribution in [-0.2, 0) is 21.3 Å². The van der Waals surface area contributed by atoms with Gasteiger partial charge in [0.05, 0.1) is 23.8 Å². The molecular formula is C19H27N3O3S. The first-order valence-electron chi connectivity index (χ1n) is 8.97. The van der Waals surface area contributed by atoms with Crippen molar-refractivity contribution in [3.63, 3.8) is 0 Å². The molecule has 1 atom stereocenters. The van der Waals surface area contributed by atoms with E-state index < -0.39 is 10.0 Å². The molecule has 3 rings (SSSR count). The highest BCUT2D eigenvalue weighted by Gasteiger charge is 2.34. The third-order valence-electron chi connectivity index (χ3n) is 5.27. The fraction of sp³-hybridized carbons (Fsp3) is 0.526. The Kier molecular flexibility index (Phi) is 5.23. The van der Waals surface area contributed by atoms with E-state index in [-0.39, 0.29) is 6.10 Å². The molecule has 6 nitrogen and oxygen atoms in total. The number of sulfonamides is 1. The van der Waals surface area contributed by atoms with Gasteiger partial charge in [0.15, 0.2) is 0 Å². The van der Waals surface area contributed by atoms with E-state index in [0.717, 1.165) is 34.4 Å². The highest BCUT2D eigenvalue weighted by atomic mass is 32.2. The lowest BCUT2D eigenvalue weighted by Crippen LogP contribution is -2.42. The number of ether oxygens (including phenoxy) is 1. The predicted octanol–water partition coefficient (Wildman–Crippen LogP) is 2.90. The first-order chi connectivity index (χ1) is 12.3. The Morgan fingerprint density at radius 2 is 1.85 bits per heavy atom. The molecule has 1 aliphatic heterocycles. The molecule has 0 bridgehead atoms. The van der Waals surface area contributed by atoms with E-state index in [1.807, 2.05) is 51.6 Å². The Hall–Kier alpha value is -1.70. The van der Waals surface area contributed by atoms with Crippen molar-refractivity contribution in [2.75, 3.05) is 19.7 Å². The molecule has 0 radical (unpaired) electrons. The minimum Gasteiger partial charge on any atom is -0.371 e. The second-order valence-electron chi connectivity index (χ2n) is 6.94. The number of aromatic nitrogens is 2. The number of rotatable bonds is 4. The van der Waals surface area contributed by atoms with E-state index >= 15 is 0 Å². The van der Waals surface area contributed by atoms with Crippen molar-refractivity contribution in [1.82, 2.24) is 14.1 Å². The van der Waals surface area contributed by atoms with Gasteiger partial charge in [0.25, 0.3) is 0 Å². The number of nitrogens with zero attached hydrogens (tertiary/aromatic N) is 3. The fourth-order valence-electron chi connectivity index (χ4n) is 3.46. The summed E-state index contributed by atoms with van der Waals surface area (Å²) in [7, 11) is -3.58. The summed E-state index contributed by atoms with van der Waals surface area (Å²) in [5, 5.41) is 4.28. The molecule has 2 heterocycles. The van der Waals surface area contributed by atoms with E-state index in [9.17, 15) is 8.42 Å². The van der Waals surface area contributed by atoms with Gasteiger partial charge in [-0.15, -0.1) is 0 Å². The Labute approximate surface area is 155 Å². The molecule has 0 N–H and O–H groups in total. The van der Waals surface area contributed by atoms with Crippen LogP contribution in [0.2, 0.25) is 0 Å². The largest absolute Gasteiger partial charge is 0.371 e. The maximum Gasteiger partial charge on any atom is 0.243 e. The molecular weight excluding hydrogens is 350 g/mol. The number of aryl methyl sites for hydroxylation is 3. The second kappa shape index (κ2) is 7.13. The second-order valence-corrected chi connectivity index (χ2v) is 8.82. The average Bonchev–Trinajstić information content (AvgIpc) is 3.09. The van der Waals surface area contributed by atoms with Gasteiger partial charge in [-0.25, -0.2) is 8.42 Å². The van der Waals surface area contributed by atoms with Crippen molar-refractivity contribution in [2.45, 2.75) is 52.2 Å². The van der Waals surface area contributed by atoms with Gasteiger partial charge in [0, 0.05) is 31.4 Å². The molecule has 0 amide bonds. The summed E-state index contributed by atoms with van der Waals surface area (Å²) >= 11 is 0. The molecule has 1 aromatic carbocycles. The van der Waals surface area contributed by atoms with Crippen LogP contribution < -0.4 is 0 Å². The minimum atomic E-state index is -3.58. The van der Waals surface area contributed by atoms with E-state index in [0.29, 0.717) is 24.6 Å². The summed E-state index contributed by atoms with van der Waals surface area (Å²) in [5.41, 5.74) is 4.58. The van der Waals surface area contributed by atoms with Crippen molar-refractivity contribution in [1.29, 1.82) is 0 Å². The van der Waals surface area contributed by atoms with Crippen molar-refractivity contribution >= 4 is 10.0 Å². The first kappa shape index (κ1) is 19.1. The van der Waals surface area contributed by atoms with Gasteiger partial charge in [-0.1, -0.05) is 6.07 Å². The normalized spacial score (nSPS) is 19.0. The van der Waals surface area contributed by atoms with Crippen LogP contribution in [0.4, 0.5) is 0 Å². The maximum absolute atomic E-state index is 13.4. The van der Waals surface area contributed by atoms with Gasteiger partial charge in [-0.05, 0) is 56.9 Å². The van der Waals surface area contributed by atoms with Crippen LogP contribution >= 0.6 is 0 Å². The van der Waals surface area contributed by atoms with Crippen LogP contribution in [0, 0.1) is 27.7 Å². The smallest absolute Gasteiger partial charge is 0.243 e. The van der Waals surface area contributed by atoms with Crippen molar-refractivity contribution < 1.29 is 13.2 Å². The molecule has 142 valence electrons. The number of hydrogen-bond donors (Lipinski definition) is 0. The zero-order valence-electron chi connectivity index (χ0n) is 16.1. The van der Waals surface area contributed by atoms with Gasteiger partial charge >= 0.3 is 0 Å². The van der Waals surface area contributed by atoms with Crippen molar-refractivity contribution in [3.05, 3.63) is 46.3 Å². The van der Waals surface area contributed by atoms with E-state index in [2.05, 4.69) is 5.10 Å². The Balaban J connectivity index is 1.95. The SMILES string of the molecule is CCn1cc([C@H]2CN(S(=O)(=O)c3c(C)c(C)cc(C)c3C)CCO2)cn1. The molecule has 1 aromatic heterocycles. The van der Waals surface area contributed by atoms with E-state index in [1.54, 1.807) is 10.5 Å². The Bertz CT molecular complexity index is 892. The molecule has 0 unspecified atom stereocenters. The molecule has 2 aromatic rings. The van der Waals surface area contributed by atoms with Crippen molar-refractivity contribution in [3.8, 4) is 0 Å². The number of hydrogen-bond acceptors (Lipinski definition) is 4. The molecule has 0 aliphatic carbocycles. The summed E-state index contributed by atoms with van der Waals surface area (Å²) in [6, 6.07) is 2.05. The lowest BCUT2D eigenvalue weighted by Gasteiger charge is -2.33. The summed E-state index contributed by atoms with van der Waals surface area (Å²) < 4.78 is 36.1. The Morgan fingerprint density at radius 3 is 2.42 bits per heavy atom. The van der Waals surface area contributed by atoms with Gasteiger partial charge < -0.3 is 4.74 Å². The minimum absolute atomic E-state index is 0.287. The third kappa shape index (κ3) is 3.31. The monoisotopic (exact) mass is 377 g/mol. The van der Waals surface area contributed by atoms with Crippen LogP contribution in [-0.4, -0.2) is 42.2 Å². The summed E-state index contributed by atoms with van der Waals surface area (Å²) in [6.07, 6.45) is 3.40. The predicted molar refractivity (Wildman–Crippen MR) is 101 cm³/mol. The topological polar surface area (TPSA) is 64.4 Å². The van der Waals surface area contributed by atoms with Gasteiger partial charge in [0.2, 0.25) is 10.0 Å². The molecule has 26 heavy (non-hydrogen) atoms. The summed E-state index contributed by atoms with van der Waals surface area (Å²) in [4.78, 5) is 0.444. The lowest BCUT2D eigenvalue weighted by molar-refractivity contribution is -0.00262. The third-order valence-corrected chi connectivity index (χ3v) is 7.41. The summed E-state index contributed by atoms with van der Waals surface area (Å²) in [5.74, 6) is 0. The summed E-state index contributed by atoms with van der Waals surface area (Å²) in [6.45, 7) is 11.5. The molecule has 7 heteroatoms. The molecule has 1 aliphatic rings. The standard InChI is InChI=1S/C19H27N3O3S/c1-6-21-11-17(10-20-21)18-12-22(7-8-25-18)26(23,24)19-15(4)13(2)9-14(3)16(19)5/h9-11,18H,6-8,12H2,1-5H3/t18-/m1/s1. The zero-order valence-corrected chi connectivity index (χ0v) is 16.9. The van der Waals surface area contributed by atoms with E-state index in [1.165, 1.54) is 0 Å². The van der Waals surface area contributed by atoms with Gasteiger partial charge in [0.1, 0.15) is 0 Å². The molecule has 1 fully saturated rings. The average molecular weight is 378 g/mol. The van der Waals surface area contributed by atoms with Gasteiger partial charge in [-0.2, -0.15) is 9.40 Å². The maximum atomic E-state index is 13.4. The Morgan fingerprint density at radius 1 is 1.19 bits per heavy atom. The molecule has 1 saturated heterocycles. The first-order valence-corrected chi connectivity index (χ1v) is 10.4. The van der Waals surface area contributed by atoms with Crippen LogP contribution in [0.25, 0.3) is 0 Å². The quantitative estimate of drug-likeness (QED) is 0.822. The highest BCUT2D eigenvalue weighted by molar-refractivity contribution is 7.89. The number of benzene rings is 1. The van der Waals surface area contributed by atoms with Crippen LogP contribution in [0.1, 0.15) is 40.8 Å². The molecule has 0 spiro atoms. The molecule has 0 saturated carbocycles. The van der Waals surface area contributed by atoms with Crippen LogP contribution in [0.3, 0.4) is 0 Å². The zero-order chi connectivity index (χ0) is 19.1. The van der Waals surface area contributed by atoms with Crippen molar-refractivity contribution in [2.24, 2.45) is 0 Å².